The van der Waals surface area contributed by atoms with Crippen LogP contribution < -0.4 is 0 Å². The highest BCUT2D eigenvalue weighted by molar-refractivity contribution is 6.16. The normalized spacial score (nSPS) is 29.9. The van der Waals surface area contributed by atoms with Gasteiger partial charge < -0.3 is 4.57 Å². The Hall–Kier alpha value is -1.35. The number of rotatable bonds is 3. The van der Waals surface area contributed by atoms with Gasteiger partial charge in [0.1, 0.15) is 11.6 Å². The second kappa shape index (κ2) is 4.33. The topological polar surface area (TPSA) is 30.7 Å². The van der Waals surface area contributed by atoms with Crippen LogP contribution in [0.1, 0.15) is 59.9 Å². The molecule has 0 N–H and O–H groups in total. The van der Waals surface area contributed by atoms with Gasteiger partial charge in [-0.2, -0.15) is 0 Å². The third kappa shape index (κ3) is 1.73. The number of halogens is 1. The Labute approximate surface area is 129 Å². The van der Waals surface area contributed by atoms with Gasteiger partial charge >= 0.3 is 0 Å². The lowest BCUT2D eigenvalue weighted by molar-refractivity contribution is 0.623. The van der Waals surface area contributed by atoms with E-state index in [0.717, 1.165) is 11.7 Å². The summed E-state index contributed by atoms with van der Waals surface area (Å²) in [4.78, 5) is 0. The molecule has 0 saturated heterocycles. The maximum Gasteiger partial charge on any atom is 0.148 e. The van der Waals surface area contributed by atoms with Gasteiger partial charge in [-0.1, -0.05) is 24.3 Å². The van der Waals surface area contributed by atoms with E-state index in [4.69, 9.17) is 11.6 Å². The van der Waals surface area contributed by atoms with E-state index in [0.29, 0.717) is 23.8 Å². The molecule has 0 amide bonds. The Balaban J connectivity index is 1.55. The monoisotopic (exact) mass is 299 g/mol. The van der Waals surface area contributed by atoms with Crippen molar-refractivity contribution in [1.29, 1.82) is 0 Å². The van der Waals surface area contributed by atoms with Gasteiger partial charge in [-0.3, -0.25) is 0 Å². The van der Waals surface area contributed by atoms with Gasteiger partial charge in [0.05, 0.1) is 5.88 Å². The lowest BCUT2D eigenvalue weighted by Crippen LogP contribution is -2.04. The third-order valence-corrected chi connectivity index (χ3v) is 5.69. The van der Waals surface area contributed by atoms with Crippen molar-refractivity contribution < 1.29 is 0 Å². The number of aryl methyl sites for hydroxylation is 1. The standard InChI is InChI=1S/C17H18ClN3/c18-9-14-19-20-17(21(14)11-6-7-11)16-13-8-5-10-3-1-2-4-12(10)15(13)16/h1-4,11,13,15-16H,5-9H2. The fraction of sp³-hybridized carbons (Fsp3) is 0.529. The number of benzene rings is 1. The Kier molecular flexibility index (Phi) is 2.52. The Morgan fingerprint density at radius 3 is 2.76 bits per heavy atom. The summed E-state index contributed by atoms with van der Waals surface area (Å²) in [6.45, 7) is 0. The van der Waals surface area contributed by atoms with E-state index >= 15 is 0 Å². The largest absolute Gasteiger partial charge is 0.311 e. The number of aromatic nitrogens is 3. The molecule has 2 saturated carbocycles. The average molecular weight is 300 g/mol. The van der Waals surface area contributed by atoms with Gasteiger partial charge in [-0.25, -0.2) is 0 Å². The summed E-state index contributed by atoms with van der Waals surface area (Å²) in [5, 5.41) is 8.89. The van der Waals surface area contributed by atoms with Crippen molar-refractivity contribution in [3.05, 3.63) is 47.0 Å². The van der Waals surface area contributed by atoms with Crippen LogP contribution in [0.15, 0.2) is 24.3 Å². The Bertz CT molecular complexity index is 704. The molecule has 3 aliphatic carbocycles. The van der Waals surface area contributed by atoms with E-state index < -0.39 is 0 Å². The zero-order valence-electron chi connectivity index (χ0n) is 11.9. The molecule has 3 atom stereocenters. The van der Waals surface area contributed by atoms with E-state index in [9.17, 15) is 0 Å². The molecule has 4 heteroatoms. The summed E-state index contributed by atoms with van der Waals surface area (Å²) < 4.78 is 2.36. The van der Waals surface area contributed by atoms with Crippen LogP contribution in [0.2, 0.25) is 0 Å². The number of alkyl halides is 1. The van der Waals surface area contributed by atoms with Gasteiger partial charge in [0.25, 0.3) is 0 Å². The number of fused-ring (bicyclic) bond motifs is 3. The molecule has 5 rings (SSSR count). The minimum absolute atomic E-state index is 0.474. The highest BCUT2D eigenvalue weighted by atomic mass is 35.5. The smallest absolute Gasteiger partial charge is 0.148 e. The third-order valence-electron chi connectivity index (χ3n) is 5.45. The van der Waals surface area contributed by atoms with Crippen molar-refractivity contribution >= 4 is 11.6 Å². The van der Waals surface area contributed by atoms with E-state index in [1.807, 2.05) is 0 Å². The molecule has 21 heavy (non-hydrogen) atoms. The SMILES string of the molecule is ClCc1nnc(C2C3CCc4ccccc4C32)n1C1CC1. The van der Waals surface area contributed by atoms with Crippen molar-refractivity contribution in [3.8, 4) is 0 Å². The maximum absolute atomic E-state index is 6.05. The molecule has 108 valence electrons. The average Bonchev–Trinajstić information content (AvgIpc) is 3.44. The van der Waals surface area contributed by atoms with Crippen molar-refractivity contribution in [1.82, 2.24) is 14.8 Å². The summed E-state index contributed by atoms with van der Waals surface area (Å²) in [6, 6.07) is 9.55. The van der Waals surface area contributed by atoms with E-state index in [-0.39, 0.29) is 0 Å². The van der Waals surface area contributed by atoms with Crippen LogP contribution in [0.25, 0.3) is 0 Å². The molecular formula is C17H18ClN3. The summed E-state index contributed by atoms with van der Waals surface area (Å²) >= 11 is 6.05. The van der Waals surface area contributed by atoms with Gasteiger partial charge in [0.15, 0.2) is 0 Å². The quantitative estimate of drug-likeness (QED) is 0.807. The second-order valence-electron chi connectivity index (χ2n) is 6.66. The minimum Gasteiger partial charge on any atom is -0.311 e. The highest BCUT2D eigenvalue weighted by Crippen LogP contribution is 2.65. The maximum atomic E-state index is 6.05. The molecule has 0 spiro atoms. The van der Waals surface area contributed by atoms with E-state index in [1.165, 1.54) is 37.1 Å². The first-order chi connectivity index (χ1) is 10.4. The van der Waals surface area contributed by atoms with E-state index in [2.05, 4.69) is 39.0 Å². The zero-order chi connectivity index (χ0) is 14.0. The van der Waals surface area contributed by atoms with Crippen LogP contribution in [0.5, 0.6) is 0 Å². The minimum atomic E-state index is 0.474. The summed E-state index contributed by atoms with van der Waals surface area (Å²) in [5.41, 5.74) is 3.09. The van der Waals surface area contributed by atoms with Gasteiger partial charge in [-0.15, -0.1) is 21.8 Å². The predicted molar refractivity (Wildman–Crippen MR) is 81.6 cm³/mol. The van der Waals surface area contributed by atoms with Gasteiger partial charge in [-0.05, 0) is 48.6 Å². The first kappa shape index (κ1) is 12.2. The molecule has 2 fully saturated rings. The number of hydrogen-bond acceptors (Lipinski definition) is 2. The Morgan fingerprint density at radius 1 is 1.10 bits per heavy atom. The molecular weight excluding hydrogens is 282 g/mol. The van der Waals surface area contributed by atoms with Crippen molar-refractivity contribution in [2.75, 3.05) is 0 Å². The molecule has 0 aliphatic heterocycles. The molecule has 3 aliphatic rings. The first-order valence-electron chi connectivity index (χ1n) is 7.96. The molecule has 1 aromatic carbocycles. The molecule has 0 radical (unpaired) electrons. The number of nitrogens with zero attached hydrogens (tertiary/aromatic N) is 3. The van der Waals surface area contributed by atoms with Gasteiger partial charge in [0.2, 0.25) is 0 Å². The summed E-state index contributed by atoms with van der Waals surface area (Å²) in [7, 11) is 0. The lowest BCUT2D eigenvalue weighted by Gasteiger charge is -2.13. The zero-order valence-corrected chi connectivity index (χ0v) is 12.6. The molecule has 1 aromatic heterocycles. The van der Waals surface area contributed by atoms with Crippen LogP contribution >= 0.6 is 11.6 Å². The molecule has 0 bridgehead atoms. The first-order valence-corrected chi connectivity index (χ1v) is 8.49. The summed E-state index contributed by atoms with van der Waals surface area (Å²) in [6.07, 6.45) is 5.02. The van der Waals surface area contributed by atoms with Gasteiger partial charge in [0, 0.05) is 12.0 Å². The predicted octanol–water partition coefficient (Wildman–Crippen LogP) is 3.80. The molecule has 2 aromatic rings. The molecule has 1 heterocycles. The molecule has 3 nitrogen and oxygen atoms in total. The van der Waals surface area contributed by atoms with E-state index in [1.54, 1.807) is 5.56 Å². The van der Waals surface area contributed by atoms with Crippen LogP contribution in [-0.4, -0.2) is 14.8 Å². The van der Waals surface area contributed by atoms with Crippen molar-refractivity contribution in [2.45, 2.75) is 49.4 Å². The fourth-order valence-electron chi connectivity index (χ4n) is 4.30. The Morgan fingerprint density at radius 2 is 1.95 bits per heavy atom. The second-order valence-corrected chi connectivity index (χ2v) is 6.93. The van der Waals surface area contributed by atoms with Crippen LogP contribution in [-0.2, 0) is 12.3 Å². The van der Waals surface area contributed by atoms with Crippen molar-refractivity contribution in [3.63, 3.8) is 0 Å². The number of hydrogen-bond donors (Lipinski definition) is 0. The highest BCUT2D eigenvalue weighted by Gasteiger charge is 2.56. The lowest BCUT2D eigenvalue weighted by atomic mass is 9.92. The molecule has 3 unspecified atom stereocenters. The van der Waals surface area contributed by atoms with Crippen LogP contribution in [0.3, 0.4) is 0 Å². The van der Waals surface area contributed by atoms with Crippen molar-refractivity contribution in [2.24, 2.45) is 5.92 Å². The van der Waals surface area contributed by atoms with Crippen LogP contribution in [0, 0.1) is 5.92 Å². The summed E-state index contributed by atoms with van der Waals surface area (Å²) in [5.74, 6) is 4.65. The van der Waals surface area contributed by atoms with Crippen LogP contribution in [0.4, 0.5) is 0 Å². The fourth-order valence-corrected chi connectivity index (χ4v) is 4.49.